The lowest BCUT2D eigenvalue weighted by atomic mass is 10.2. The van der Waals surface area contributed by atoms with Gasteiger partial charge in [0.15, 0.2) is 5.82 Å². The van der Waals surface area contributed by atoms with Crippen molar-refractivity contribution in [3.05, 3.63) is 50.8 Å². The second kappa shape index (κ2) is 5.77. The predicted molar refractivity (Wildman–Crippen MR) is 74.0 cm³/mol. The van der Waals surface area contributed by atoms with Crippen molar-refractivity contribution in [2.24, 2.45) is 5.73 Å². The SMILES string of the molecule is NCc1ccnc(Oc2ccc(Br)cc2Br)c1F. The lowest BCUT2D eigenvalue weighted by molar-refractivity contribution is 0.417. The minimum absolute atomic E-state index is 0.0824. The van der Waals surface area contributed by atoms with E-state index >= 15 is 0 Å². The Morgan fingerprint density at radius 1 is 1.28 bits per heavy atom. The third-order valence-corrected chi connectivity index (χ3v) is 3.37. The monoisotopic (exact) mass is 374 g/mol. The van der Waals surface area contributed by atoms with Crippen LogP contribution in [0.5, 0.6) is 11.6 Å². The molecule has 0 saturated heterocycles. The first-order valence-corrected chi connectivity index (χ1v) is 6.66. The zero-order valence-electron chi connectivity index (χ0n) is 9.16. The molecule has 2 rings (SSSR count). The van der Waals surface area contributed by atoms with E-state index in [1.807, 2.05) is 0 Å². The number of hydrogen-bond donors (Lipinski definition) is 1. The van der Waals surface area contributed by atoms with Crippen LogP contribution in [0.15, 0.2) is 39.4 Å². The molecule has 1 heterocycles. The molecule has 0 amide bonds. The molecule has 1 aromatic carbocycles. The molecule has 6 heteroatoms. The summed E-state index contributed by atoms with van der Waals surface area (Å²) in [4.78, 5) is 3.86. The molecule has 0 atom stereocenters. The van der Waals surface area contributed by atoms with Crippen LogP contribution in [-0.4, -0.2) is 4.98 Å². The average molecular weight is 376 g/mol. The van der Waals surface area contributed by atoms with Gasteiger partial charge in [-0.2, -0.15) is 0 Å². The fourth-order valence-corrected chi connectivity index (χ4v) is 2.48. The van der Waals surface area contributed by atoms with E-state index in [1.54, 1.807) is 18.2 Å². The van der Waals surface area contributed by atoms with Crippen molar-refractivity contribution < 1.29 is 9.13 Å². The van der Waals surface area contributed by atoms with E-state index in [-0.39, 0.29) is 12.4 Å². The summed E-state index contributed by atoms with van der Waals surface area (Å²) in [5.74, 6) is -0.130. The van der Waals surface area contributed by atoms with Crippen molar-refractivity contribution in [3.8, 4) is 11.6 Å². The average Bonchev–Trinajstić information content (AvgIpc) is 2.35. The number of benzene rings is 1. The van der Waals surface area contributed by atoms with Crippen molar-refractivity contribution in [3.63, 3.8) is 0 Å². The summed E-state index contributed by atoms with van der Waals surface area (Å²) in [6, 6.07) is 6.84. The summed E-state index contributed by atoms with van der Waals surface area (Å²) in [6.45, 7) is 0.103. The van der Waals surface area contributed by atoms with Gasteiger partial charge in [-0.15, -0.1) is 0 Å². The summed E-state index contributed by atoms with van der Waals surface area (Å²) >= 11 is 6.66. The Hall–Kier alpha value is -0.980. The topological polar surface area (TPSA) is 48.1 Å². The first-order chi connectivity index (χ1) is 8.61. The maximum absolute atomic E-state index is 13.9. The van der Waals surface area contributed by atoms with E-state index in [2.05, 4.69) is 36.8 Å². The quantitative estimate of drug-likeness (QED) is 0.882. The molecule has 0 unspecified atom stereocenters. The summed E-state index contributed by atoms with van der Waals surface area (Å²) in [7, 11) is 0. The molecule has 0 radical (unpaired) electrons. The van der Waals surface area contributed by atoms with Crippen LogP contribution in [0.3, 0.4) is 0 Å². The minimum Gasteiger partial charge on any atom is -0.435 e. The van der Waals surface area contributed by atoms with Crippen LogP contribution in [0.2, 0.25) is 0 Å². The second-order valence-electron chi connectivity index (χ2n) is 3.47. The molecule has 1 aromatic heterocycles. The Kier molecular flexibility index (Phi) is 4.31. The Balaban J connectivity index is 2.34. The molecule has 0 saturated carbocycles. The Labute approximate surface area is 120 Å². The zero-order valence-corrected chi connectivity index (χ0v) is 12.3. The fourth-order valence-electron chi connectivity index (χ4n) is 1.35. The smallest absolute Gasteiger partial charge is 0.256 e. The second-order valence-corrected chi connectivity index (χ2v) is 5.24. The van der Waals surface area contributed by atoms with Gasteiger partial charge in [-0.1, -0.05) is 15.9 Å². The van der Waals surface area contributed by atoms with Gasteiger partial charge in [0.05, 0.1) is 4.47 Å². The van der Waals surface area contributed by atoms with Crippen LogP contribution in [0, 0.1) is 5.82 Å². The third kappa shape index (κ3) is 2.88. The number of aromatic nitrogens is 1. The highest BCUT2D eigenvalue weighted by Gasteiger charge is 2.12. The summed E-state index contributed by atoms with van der Waals surface area (Å²) < 4.78 is 20.9. The summed E-state index contributed by atoms with van der Waals surface area (Å²) in [5, 5.41) is 0. The van der Waals surface area contributed by atoms with Gasteiger partial charge in [-0.05, 0) is 40.2 Å². The normalized spacial score (nSPS) is 10.4. The van der Waals surface area contributed by atoms with Crippen LogP contribution in [0.1, 0.15) is 5.56 Å². The van der Waals surface area contributed by atoms with Crippen molar-refractivity contribution in [2.75, 3.05) is 0 Å². The highest BCUT2D eigenvalue weighted by molar-refractivity contribution is 9.11. The van der Waals surface area contributed by atoms with Crippen LogP contribution in [0.4, 0.5) is 4.39 Å². The van der Waals surface area contributed by atoms with E-state index in [1.165, 1.54) is 12.3 Å². The van der Waals surface area contributed by atoms with E-state index < -0.39 is 5.82 Å². The number of ether oxygens (including phenoxy) is 1. The van der Waals surface area contributed by atoms with Crippen LogP contribution in [-0.2, 0) is 6.54 Å². The van der Waals surface area contributed by atoms with Crippen LogP contribution >= 0.6 is 31.9 Å². The molecule has 94 valence electrons. The highest BCUT2D eigenvalue weighted by Crippen LogP contribution is 2.32. The third-order valence-electron chi connectivity index (χ3n) is 2.26. The molecule has 0 aliphatic heterocycles. The van der Waals surface area contributed by atoms with Gasteiger partial charge < -0.3 is 10.5 Å². The van der Waals surface area contributed by atoms with Gasteiger partial charge in [0, 0.05) is 22.8 Å². The molecule has 2 N–H and O–H groups in total. The van der Waals surface area contributed by atoms with Gasteiger partial charge in [0.1, 0.15) is 5.75 Å². The molecule has 0 bridgehead atoms. The maximum Gasteiger partial charge on any atom is 0.256 e. The Morgan fingerprint density at radius 3 is 2.72 bits per heavy atom. The number of nitrogens with two attached hydrogens (primary N) is 1. The number of rotatable bonds is 3. The standard InChI is InChI=1S/C12H9Br2FN2O/c13-8-1-2-10(9(14)5-8)18-12-11(15)7(6-16)3-4-17-12/h1-5H,6,16H2. The fraction of sp³-hybridized carbons (Fsp3) is 0.0833. The van der Waals surface area contributed by atoms with E-state index in [0.29, 0.717) is 15.8 Å². The molecule has 0 spiro atoms. The largest absolute Gasteiger partial charge is 0.435 e. The number of hydrogen-bond acceptors (Lipinski definition) is 3. The lowest BCUT2D eigenvalue weighted by Gasteiger charge is -2.09. The lowest BCUT2D eigenvalue weighted by Crippen LogP contribution is -2.02. The van der Waals surface area contributed by atoms with E-state index in [4.69, 9.17) is 10.5 Å². The maximum atomic E-state index is 13.9. The number of nitrogens with zero attached hydrogens (tertiary/aromatic N) is 1. The number of pyridine rings is 1. The van der Waals surface area contributed by atoms with Crippen LogP contribution in [0.25, 0.3) is 0 Å². The van der Waals surface area contributed by atoms with Crippen molar-refractivity contribution in [2.45, 2.75) is 6.54 Å². The van der Waals surface area contributed by atoms with Gasteiger partial charge >= 0.3 is 0 Å². The Bertz CT molecular complexity index is 578. The summed E-state index contributed by atoms with van der Waals surface area (Å²) in [5.41, 5.74) is 5.79. The Morgan fingerprint density at radius 2 is 2.06 bits per heavy atom. The molecule has 0 aliphatic carbocycles. The minimum atomic E-state index is -0.533. The molecular formula is C12H9Br2FN2O. The predicted octanol–water partition coefficient (Wildman–Crippen LogP) is 4.00. The first-order valence-electron chi connectivity index (χ1n) is 5.08. The zero-order chi connectivity index (χ0) is 13.1. The van der Waals surface area contributed by atoms with E-state index in [9.17, 15) is 4.39 Å². The van der Waals surface area contributed by atoms with Gasteiger partial charge in [0.25, 0.3) is 5.88 Å². The molecule has 0 fully saturated rings. The van der Waals surface area contributed by atoms with E-state index in [0.717, 1.165) is 4.47 Å². The number of halogens is 3. The summed E-state index contributed by atoms with van der Waals surface area (Å²) in [6.07, 6.45) is 1.47. The van der Waals surface area contributed by atoms with Crippen molar-refractivity contribution in [1.82, 2.24) is 4.98 Å². The molecule has 2 aromatic rings. The molecular weight excluding hydrogens is 367 g/mol. The van der Waals surface area contributed by atoms with Crippen molar-refractivity contribution >= 4 is 31.9 Å². The van der Waals surface area contributed by atoms with Gasteiger partial charge in [-0.3, -0.25) is 0 Å². The van der Waals surface area contributed by atoms with Gasteiger partial charge in [-0.25, -0.2) is 9.37 Å². The molecule has 3 nitrogen and oxygen atoms in total. The molecule has 18 heavy (non-hydrogen) atoms. The van der Waals surface area contributed by atoms with Gasteiger partial charge in [0.2, 0.25) is 0 Å². The highest BCUT2D eigenvalue weighted by atomic mass is 79.9. The molecule has 0 aliphatic rings. The first kappa shape index (κ1) is 13.5. The van der Waals surface area contributed by atoms with Crippen LogP contribution < -0.4 is 10.5 Å². The van der Waals surface area contributed by atoms with Crippen molar-refractivity contribution in [1.29, 1.82) is 0 Å².